The van der Waals surface area contributed by atoms with Crippen molar-refractivity contribution in [1.29, 1.82) is 0 Å². The maximum Gasteiger partial charge on any atom is 0.408 e. The normalized spacial score (nSPS) is 19.0. The van der Waals surface area contributed by atoms with Crippen molar-refractivity contribution in [3.63, 3.8) is 0 Å². The van der Waals surface area contributed by atoms with E-state index in [4.69, 9.17) is 14.2 Å². The number of carbonyl (C=O) groups excluding carboxylic acids is 2. The fraction of sp³-hybridized carbons (Fsp3) is 0.556. The lowest BCUT2D eigenvalue weighted by Gasteiger charge is -2.26. The molecule has 2 amide bonds. The summed E-state index contributed by atoms with van der Waals surface area (Å²) in [6.45, 7) is 6.18. The molecule has 1 fully saturated rings. The quantitative estimate of drug-likeness (QED) is 0.908. The molecule has 136 valence electrons. The van der Waals surface area contributed by atoms with Crippen molar-refractivity contribution in [1.82, 2.24) is 10.2 Å². The molecule has 25 heavy (non-hydrogen) atoms. The molecular formula is C18H24N2O5. The van der Waals surface area contributed by atoms with E-state index in [9.17, 15) is 9.59 Å². The number of amides is 2. The van der Waals surface area contributed by atoms with Gasteiger partial charge < -0.3 is 24.4 Å². The highest BCUT2D eigenvalue weighted by Gasteiger charge is 2.31. The summed E-state index contributed by atoms with van der Waals surface area (Å²) in [6, 6.07) is 5.75. The molecule has 0 saturated carbocycles. The number of nitrogens with zero attached hydrogens (tertiary/aromatic N) is 1. The minimum Gasteiger partial charge on any atom is -0.454 e. The van der Waals surface area contributed by atoms with Gasteiger partial charge in [-0.1, -0.05) is 6.07 Å². The molecule has 0 radical (unpaired) electrons. The van der Waals surface area contributed by atoms with Gasteiger partial charge >= 0.3 is 6.09 Å². The Bertz CT molecular complexity index is 668. The summed E-state index contributed by atoms with van der Waals surface area (Å²) in [6.07, 6.45) is 1.23. The van der Waals surface area contributed by atoms with Crippen LogP contribution in [0.3, 0.4) is 0 Å². The molecule has 0 aromatic heterocycles. The molecule has 0 aliphatic carbocycles. The Kier molecular flexibility index (Phi) is 4.74. The number of alkyl carbamates (subject to hydrolysis) is 1. The van der Waals surface area contributed by atoms with E-state index < -0.39 is 11.7 Å². The zero-order chi connectivity index (χ0) is 18.0. The van der Waals surface area contributed by atoms with E-state index in [2.05, 4.69) is 5.32 Å². The van der Waals surface area contributed by atoms with Gasteiger partial charge in [-0.2, -0.15) is 0 Å². The van der Waals surface area contributed by atoms with Crippen molar-refractivity contribution >= 4 is 12.0 Å². The van der Waals surface area contributed by atoms with E-state index in [0.29, 0.717) is 12.3 Å². The molecule has 1 saturated heterocycles. The van der Waals surface area contributed by atoms with Gasteiger partial charge in [0.1, 0.15) is 12.1 Å². The highest BCUT2D eigenvalue weighted by atomic mass is 16.7. The van der Waals surface area contributed by atoms with E-state index in [-0.39, 0.29) is 25.3 Å². The molecule has 1 aromatic carbocycles. The Morgan fingerprint density at radius 1 is 1.28 bits per heavy atom. The molecule has 2 aliphatic heterocycles. The van der Waals surface area contributed by atoms with E-state index >= 15 is 0 Å². The Morgan fingerprint density at radius 2 is 2.04 bits per heavy atom. The number of benzene rings is 1. The number of rotatable bonds is 3. The van der Waals surface area contributed by atoms with Crippen molar-refractivity contribution in [3.8, 4) is 11.5 Å². The van der Waals surface area contributed by atoms with Gasteiger partial charge in [0, 0.05) is 6.54 Å². The fourth-order valence-corrected chi connectivity index (χ4v) is 3.10. The molecule has 1 atom stereocenters. The van der Waals surface area contributed by atoms with Crippen molar-refractivity contribution in [3.05, 3.63) is 23.8 Å². The average molecular weight is 348 g/mol. The summed E-state index contributed by atoms with van der Waals surface area (Å²) in [4.78, 5) is 26.1. The number of ether oxygens (including phenoxy) is 3. The van der Waals surface area contributed by atoms with Gasteiger partial charge in [-0.05, 0) is 51.3 Å². The monoisotopic (exact) mass is 348 g/mol. The van der Waals surface area contributed by atoms with Gasteiger partial charge in [-0.3, -0.25) is 4.79 Å². The summed E-state index contributed by atoms with van der Waals surface area (Å²) < 4.78 is 15.9. The van der Waals surface area contributed by atoms with E-state index in [1.54, 1.807) is 25.7 Å². The number of likely N-dealkylation sites (tertiary alicyclic amines) is 1. The van der Waals surface area contributed by atoms with Gasteiger partial charge in [0.25, 0.3) is 0 Å². The third-order valence-electron chi connectivity index (χ3n) is 4.14. The zero-order valence-electron chi connectivity index (χ0n) is 14.8. The van der Waals surface area contributed by atoms with Crippen LogP contribution in [0.2, 0.25) is 0 Å². The molecule has 1 N–H and O–H groups in total. The molecule has 0 bridgehead atoms. The smallest absolute Gasteiger partial charge is 0.408 e. The minimum absolute atomic E-state index is 0.0116. The van der Waals surface area contributed by atoms with E-state index in [1.807, 2.05) is 18.2 Å². The van der Waals surface area contributed by atoms with Gasteiger partial charge in [0.15, 0.2) is 11.5 Å². The third kappa shape index (κ3) is 4.15. The Morgan fingerprint density at radius 3 is 2.80 bits per heavy atom. The van der Waals surface area contributed by atoms with Crippen LogP contribution in [-0.4, -0.2) is 42.4 Å². The zero-order valence-corrected chi connectivity index (χ0v) is 14.8. The molecule has 2 aliphatic rings. The number of hydrogen-bond donors (Lipinski definition) is 1. The molecule has 3 rings (SSSR count). The van der Waals surface area contributed by atoms with Crippen LogP contribution >= 0.6 is 0 Å². The topological polar surface area (TPSA) is 77.1 Å². The molecule has 2 heterocycles. The summed E-state index contributed by atoms with van der Waals surface area (Å²) in [5.41, 5.74) is 0.433. The highest BCUT2D eigenvalue weighted by Crippen LogP contribution is 2.38. The van der Waals surface area contributed by atoms with Crippen molar-refractivity contribution in [2.45, 2.75) is 45.3 Å². The highest BCUT2D eigenvalue weighted by molar-refractivity contribution is 5.83. The first-order valence-corrected chi connectivity index (χ1v) is 8.49. The largest absolute Gasteiger partial charge is 0.454 e. The summed E-state index contributed by atoms with van der Waals surface area (Å²) >= 11 is 0. The second-order valence-electron chi connectivity index (χ2n) is 7.21. The predicted molar refractivity (Wildman–Crippen MR) is 90.5 cm³/mol. The van der Waals surface area contributed by atoms with E-state index in [1.165, 1.54) is 0 Å². The summed E-state index contributed by atoms with van der Waals surface area (Å²) in [5, 5.41) is 2.53. The van der Waals surface area contributed by atoms with Crippen LogP contribution in [0.4, 0.5) is 4.79 Å². The maximum absolute atomic E-state index is 12.5. The number of nitrogens with one attached hydrogen (secondary N) is 1. The second-order valence-corrected chi connectivity index (χ2v) is 7.21. The maximum atomic E-state index is 12.5. The number of hydrogen-bond acceptors (Lipinski definition) is 5. The van der Waals surface area contributed by atoms with Crippen LogP contribution in [0.25, 0.3) is 0 Å². The Hall–Kier alpha value is -2.44. The lowest BCUT2D eigenvalue weighted by molar-refractivity contribution is -0.131. The predicted octanol–water partition coefficient (Wildman–Crippen LogP) is 2.60. The minimum atomic E-state index is -0.588. The van der Waals surface area contributed by atoms with Crippen LogP contribution < -0.4 is 14.8 Å². The SMILES string of the molecule is CC(C)(C)OC(=O)NCC(=O)N1CCCC1c1ccc2c(c1)OCO2. The lowest BCUT2D eigenvalue weighted by Crippen LogP contribution is -2.41. The van der Waals surface area contributed by atoms with Gasteiger partial charge in [-0.15, -0.1) is 0 Å². The van der Waals surface area contributed by atoms with E-state index in [0.717, 1.165) is 24.2 Å². The van der Waals surface area contributed by atoms with Gasteiger partial charge in [0.05, 0.1) is 6.04 Å². The van der Waals surface area contributed by atoms with Crippen molar-refractivity contribution < 1.29 is 23.8 Å². The first-order valence-electron chi connectivity index (χ1n) is 8.49. The second kappa shape index (κ2) is 6.82. The van der Waals surface area contributed by atoms with Crippen LogP contribution in [0.5, 0.6) is 11.5 Å². The lowest BCUT2D eigenvalue weighted by atomic mass is 10.0. The van der Waals surface area contributed by atoms with Crippen LogP contribution in [0.1, 0.15) is 45.2 Å². The molecular weight excluding hydrogens is 324 g/mol. The Labute approximate surface area is 147 Å². The molecule has 0 spiro atoms. The third-order valence-corrected chi connectivity index (χ3v) is 4.14. The first-order chi connectivity index (χ1) is 11.8. The van der Waals surface area contributed by atoms with Crippen LogP contribution in [0.15, 0.2) is 18.2 Å². The number of fused-ring (bicyclic) bond motifs is 1. The molecule has 7 nitrogen and oxygen atoms in total. The molecule has 1 unspecified atom stereocenters. The van der Waals surface area contributed by atoms with Gasteiger partial charge in [0.2, 0.25) is 12.7 Å². The Balaban J connectivity index is 1.61. The summed E-state index contributed by atoms with van der Waals surface area (Å²) in [7, 11) is 0. The molecule has 7 heteroatoms. The molecule has 1 aromatic rings. The van der Waals surface area contributed by atoms with Crippen molar-refractivity contribution in [2.75, 3.05) is 19.9 Å². The van der Waals surface area contributed by atoms with Crippen LogP contribution in [-0.2, 0) is 9.53 Å². The number of carbonyl (C=O) groups is 2. The first kappa shape index (κ1) is 17.4. The fourth-order valence-electron chi connectivity index (χ4n) is 3.10. The van der Waals surface area contributed by atoms with Crippen molar-refractivity contribution in [2.24, 2.45) is 0 Å². The average Bonchev–Trinajstić information content (AvgIpc) is 3.18. The summed E-state index contributed by atoms with van der Waals surface area (Å²) in [5.74, 6) is 1.32. The van der Waals surface area contributed by atoms with Crippen LogP contribution in [0, 0.1) is 0 Å². The standard InChI is InChI=1S/C18H24N2O5/c1-18(2,3)25-17(22)19-10-16(21)20-8-4-5-13(20)12-6-7-14-15(9-12)24-11-23-14/h6-7,9,13H,4-5,8,10-11H2,1-3H3,(H,19,22). The van der Waals surface area contributed by atoms with Gasteiger partial charge in [-0.25, -0.2) is 4.79 Å².